The summed E-state index contributed by atoms with van der Waals surface area (Å²) in [5.74, 6) is -0.483. The third kappa shape index (κ3) is 4.10. The number of halogens is 1. The Hall–Kier alpha value is -3.85. The van der Waals surface area contributed by atoms with Crippen LogP contribution in [0.3, 0.4) is 0 Å². The van der Waals surface area contributed by atoms with Gasteiger partial charge in [0.2, 0.25) is 5.91 Å². The van der Waals surface area contributed by atoms with Crippen LogP contribution in [-0.4, -0.2) is 30.5 Å². The number of carbonyl (C=O) groups excluding carboxylic acids is 1. The fourth-order valence-corrected chi connectivity index (χ4v) is 4.90. The van der Waals surface area contributed by atoms with Crippen molar-refractivity contribution in [3.63, 3.8) is 0 Å². The molecule has 4 heterocycles. The summed E-state index contributed by atoms with van der Waals surface area (Å²) in [6.45, 7) is 6.21. The van der Waals surface area contributed by atoms with Crippen LogP contribution in [0.25, 0.3) is 21.5 Å². The summed E-state index contributed by atoms with van der Waals surface area (Å²) in [7, 11) is 0. The highest BCUT2D eigenvalue weighted by Gasteiger charge is 2.19. The van der Waals surface area contributed by atoms with E-state index in [0.29, 0.717) is 23.6 Å². The number of benzene rings is 1. The summed E-state index contributed by atoms with van der Waals surface area (Å²) in [6, 6.07) is 12.4. The van der Waals surface area contributed by atoms with Gasteiger partial charge in [0.25, 0.3) is 0 Å². The molecule has 0 aliphatic heterocycles. The van der Waals surface area contributed by atoms with E-state index in [1.165, 1.54) is 12.1 Å². The standard InChI is InChI=1S/C25H23FN6OS/c1-15-23-20(21-5-4-12-34-21)10-11-27-25(23)32(29-15)14-22(33)28-24-16(2)30-31(17(24)3)13-18-6-8-19(26)9-7-18/h4-12H,13-14H2,1-3H3,(H,28,33). The maximum Gasteiger partial charge on any atom is 0.246 e. The number of amides is 1. The highest BCUT2D eigenvalue weighted by atomic mass is 32.1. The number of hydrogen-bond acceptors (Lipinski definition) is 5. The van der Waals surface area contributed by atoms with Crippen LogP contribution in [0.1, 0.15) is 22.6 Å². The highest BCUT2D eigenvalue weighted by molar-refractivity contribution is 7.13. The minimum Gasteiger partial charge on any atom is -0.321 e. The van der Waals surface area contributed by atoms with Crippen molar-refractivity contribution in [2.45, 2.75) is 33.9 Å². The van der Waals surface area contributed by atoms with E-state index in [4.69, 9.17) is 0 Å². The first-order chi connectivity index (χ1) is 16.4. The number of nitrogens with one attached hydrogen (secondary N) is 1. The van der Waals surface area contributed by atoms with Crippen LogP contribution >= 0.6 is 11.3 Å². The number of nitrogens with zero attached hydrogens (tertiary/aromatic N) is 5. The molecule has 9 heteroatoms. The molecule has 0 bridgehead atoms. The molecule has 5 aromatic rings. The quantitative estimate of drug-likeness (QED) is 0.371. The van der Waals surface area contributed by atoms with Gasteiger partial charge in [-0.3, -0.25) is 9.48 Å². The molecule has 0 spiro atoms. The molecular weight excluding hydrogens is 451 g/mol. The Bertz CT molecular complexity index is 1480. The summed E-state index contributed by atoms with van der Waals surface area (Å²) < 4.78 is 16.7. The van der Waals surface area contributed by atoms with Gasteiger partial charge in [0, 0.05) is 16.6 Å². The molecule has 1 amide bonds. The Labute approximate surface area is 199 Å². The molecule has 34 heavy (non-hydrogen) atoms. The molecule has 4 aromatic heterocycles. The first-order valence-electron chi connectivity index (χ1n) is 10.8. The van der Waals surface area contributed by atoms with Gasteiger partial charge in [-0.15, -0.1) is 11.3 Å². The molecular formula is C25H23FN6OS. The van der Waals surface area contributed by atoms with E-state index < -0.39 is 0 Å². The summed E-state index contributed by atoms with van der Waals surface area (Å²) >= 11 is 1.66. The van der Waals surface area contributed by atoms with Gasteiger partial charge in [0.05, 0.1) is 34.7 Å². The predicted octanol–water partition coefficient (Wildman–Crippen LogP) is 5.11. The van der Waals surface area contributed by atoms with Crippen LogP contribution < -0.4 is 5.32 Å². The Morgan fingerprint density at radius 1 is 1.03 bits per heavy atom. The van der Waals surface area contributed by atoms with Gasteiger partial charge in [0.1, 0.15) is 12.4 Å². The molecule has 0 aliphatic rings. The number of hydrogen-bond donors (Lipinski definition) is 1. The van der Waals surface area contributed by atoms with Crippen LogP contribution in [0.5, 0.6) is 0 Å². The fourth-order valence-electron chi connectivity index (χ4n) is 4.14. The maximum atomic E-state index is 13.2. The van der Waals surface area contributed by atoms with E-state index in [9.17, 15) is 9.18 Å². The third-order valence-corrected chi connectivity index (χ3v) is 6.68. The second-order valence-corrected chi connectivity index (χ2v) is 9.10. The lowest BCUT2D eigenvalue weighted by molar-refractivity contribution is -0.116. The van der Waals surface area contributed by atoms with Crippen LogP contribution in [0, 0.1) is 26.6 Å². The molecule has 5 rings (SSSR count). The summed E-state index contributed by atoms with van der Waals surface area (Å²) in [6.07, 6.45) is 1.75. The molecule has 0 saturated heterocycles. The van der Waals surface area contributed by atoms with Crippen molar-refractivity contribution in [3.8, 4) is 10.4 Å². The Morgan fingerprint density at radius 3 is 2.53 bits per heavy atom. The van der Waals surface area contributed by atoms with Gasteiger partial charge in [-0.05, 0) is 56.0 Å². The molecule has 0 saturated carbocycles. The molecule has 0 fully saturated rings. The number of carbonyl (C=O) groups is 1. The first-order valence-corrected chi connectivity index (χ1v) is 11.7. The lowest BCUT2D eigenvalue weighted by Gasteiger charge is -2.08. The van der Waals surface area contributed by atoms with Crippen LogP contribution in [-0.2, 0) is 17.9 Å². The van der Waals surface area contributed by atoms with Crippen molar-refractivity contribution in [3.05, 3.63) is 82.5 Å². The monoisotopic (exact) mass is 474 g/mol. The van der Waals surface area contributed by atoms with Crippen LogP contribution in [0.15, 0.2) is 54.0 Å². The smallest absolute Gasteiger partial charge is 0.246 e. The van der Waals surface area contributed by atoms with Gasteiger partial charge in [0.15, 0.2) is 5.65 Å². The van der Waals surface area contributed by atoms with Gasteiger partial charge >= 0.3 is 0 Å². The molecule has 0 unspecified atom stereocenters. The number of fused-ring (bicyclic) bond motifs is 1. The Balaban J connectivity index is 1.37. The Kier molecular flexibility index (Phi) is 5.70. The molecule has 0 atom stereocenters. The van der Waals surface area contributed by atoms with Gasteiger partial charge in [-0.1, -0.05) is 18.2 Å². The number of anilines is 1. The molecule has 1 N–H and O–H groups in total. The van der Waals surface area contributed by atoms with E-state index in [1.54, 1.807) is 39.0 Å². The fraction of sp³-hybridized carbons (Fsp3) is 0.200. The van der Waals surface area contributed by atoms with Crippen molar-refractivity contribution in [1.82, 2.24) is 24.5 Å². The second-order valence-electron chi connectivity index (χ2n) is 8.16. The summed E-state index contributed by atoms with van der Waals surface area (Å²) in [5.41, 5.74) is 5.72. The number of aromatic nitrogens is 5. The Morgan fingerprint density at radius 2 is 1.79 bits per heavy atom. The van der Waals surface area contributed by atoms with Crippen molar-refractivity contribution in [2.24, 2.45) is 0 Å². The zero-order chi connectivity index (χ0) is 23.8. The van der Waals surface area contributed by atoms with Crippen molar-refractivity contribution >= 4 is 34.0 Å². The van der Waals surface area contributed by atoms with E-state index in [-0.39, 0.29) is 18.3 Å². The summed E-state index contributed by atoms with van der Waals surface area (Å²) in [5, 5.41) is 15.1. The first kappa shape index (κ1) is 22.0. The van der Waals surface area contributed by atoms with Crippen molar-refractivity contribution < 1.29 is 9.18 Å². The zero-order valence-electron chi connectivity index (χ0n) is 19.0. The normalized spacial score (nSPS) is 11.3. The van der Waals surface area contributed by atoms with Gasteiger partial charge in [-0.25, -0.2) is 14.1 Å². The zero-order valence-corrected chi connectivity index (χ0v) is 19.9. The number of rotatable bonds is 6. The van der Waals surface area contributed by atoms with Crippen LogP contribution in [0.4, 0.5) is 10.1 Å². The summed E-state index contributed by atoms with van der Waals surface area (Å²) in [4.78, 5) is 18.6. The SMILES string of the molecule is Cc1nn(Cc2ccc(F)cc2)c(C)c1NC(=O)Cn1nc(C)c2c(-c3cccs3)ccnc21. The molecule has 172 valence electrons. The molecule has 7 nitrogen and oxygen atoms in total. The third-order valence-electron chi connectivity index (χ3n) is 5.78. The van der Waals surface area contributed by atoms with E-state index in [0.717, 1.165) is 32.8 Å². The maximum absolute atomic E-state index is 13.2. The van der Waals surface area contributed by atoms with Crippen molar-refractivity contribution in [1.29, 1.82) is 0 Å². The second kappa shape index (κ2) is 8.83. The predicted molar refractivity (Wildman–Crippen MR) is 131 cm³/mol. The topological polar surface area (TPSA) is 77.6 Å². The lowest BCUT2D eigenvalue weighted by atomic mass is 10.1. The minimum atomic E-state index is -0.275. The molecule has 1 aromatic carbocycles. The largest absolute Gasteiger partial charge is 0.321 e. The van der Waals surface area contributed by atoms with Crippen molar-refractivity contribution in [2.75, 3.05) is 5.32 Å². The van der Waals surface area contributed by atoms with E-state index >= 15 is 0 Å². The number of pyridine rings is 1. The van der Waals surface area contributed by atoms with E-state index in [1.807, 2.05) is 38.3 Å². The van der Waals surface area contributed by atoms with Crippen LogP contribution in [0.2, 0.25) is 0 Å². The minimum absolute atomic E-state index is 0.0350. The average Bonchev–Trinajstić information content (AvgIpc) is 3.52. The average molecular weight is 475 g/mol. The highest BCUT2D eigenvalue weighted by Crippen LogP contribution is 2.32. The molecule has 0 aliphatic carbocycles. The van der Waals surface area contributed by atoms with Gasteiger partial charge < -0.3 is 5.32 Å². The number of thiophene rings is 1. The number of aryl methyl sites for hydroxylation is 2. The van der Waals surface area contributed by atoms with E-state index in [2.05, 4.69) is 26.6 Å². The van der Waals surface area contributed by atoms with Gasteiger partial charge in [-0.2, -0.15) is 10.2 Å². The lowest BCUT2D eigenvalue weighted by Crippen LogP contribution is -2.20. The molecule has 0 radical (unpaired) electrons.